The van der Waals surface area contributed by atoms with E-state index >= 15 is 0 Å². The Morgan fingerprint density at radius 2 is 2.67 bits per heavy atom. The maximum atomic E-state index is 8.45. The van der Waals surface area contributed by atoms with Crippen molar-refractivity contribution in [3.05, 3.63) is 12.2 Å². The lowest BCUT2D eigenvalue weighted by molar-refractivity contribution is 0.170. The van der Waals surface area contributed by atoms with E-state index in [9.17, 15) is 0 Å². The molecule has 1 N–H and O–H groups in total. The highest BCUT2D eigenvalue weighted by molar-refractivity contribution is 5.94. The molecule has 1 aliphatic heterocycles. The zero-order valence-electron chi connectivity index (χ0n) is 5.08. The Morgan fingerprint density at radius 3 is 3.22 bits per heavy atom. The molecule has 0 fully saturated rings. The molecule has 0 aromatic rings. The minimum Gasteiger partial charge on any atom is -0.396 e. The fourth-order valence-corrected chi connectivity index (χ4v) is 0.621. The van der Waals surface area contributed by atoms with Crippen molar-refractivity contribution in [2.24, 2.45) is 5.16 Å². The van der Waals surface area contributed by atoms with E-state index in [1.807, 2.05) is 12.2 Å². The van der Waals surface area contributed by atoms with Gasteiger partial charge < -0.3 is 9.94 Å². The Bertz CT molecular complexity index is 140. The van der Waals surface area contributed by atoms with Gasteiger partial charge in [0.1, 0.15) is 6.61 Å². The summed E-state index contributed by atoms with van der Waals surface area (Å²) in [6.45, 7) is 0.682. The van der Waals surface area contributed by atoms with E-state index < -0.39 is 0 Å². The Balaban J connectivity index is 2.38. The third kappa shape index (κ3) is 1.85. The van der Waals surface area contributed by atoms with Crippen molar-refractivity contribution < 1.29 is 9.94 Å². The van der Waals surface area contributed by atoms with Crippen molar-refractivity contribution in [3.8, 4) is 0 Å². The van der Waals surface area contributed by atoms with Gasteiger partial charge in [-0.05, 0) is 12.2 Å². The normalized spacial score (nSPS) is 16.8. The van der Waals surface area contributed by atoms with Gasteiger partial charge in [0.05, 0.1) is 5.71 Å². The second kappa shape index (κ2) is 3.25. The van der Waals surface area contributed by atoms with Crippen LogP contribution in [0.3, 0.4) is 0 Å². The minimum absolute atomic E-state index is 0.131. The summed E-state index contributed by atoms with van der Waals surface area (Å²) in [5.74, 6) is 0. The van der Waals surface area contributed by atoms with E-state index in [4.69, 9.17) is 9.94 Å². The van der Waals surface area contributed by atoms with Gasteiger partial charge in [-0.15, -0.1) is 0 Å². The van der Waals surface area contributed by atoms with Crippen molar-refractivity contribution in [1.29, 1.82) is 0 Å². The van der Waals surface area contributed by atoms with Crippen LogP contribution in [0.15, 0.2) is 17.3 Å². The maximum Gasteiger partial charge on any atom is 0.135 e. The number of aliphatic hydroxyl groups is 1. The van der Waals surface area contributed by atoms with E-state index in [0.717, 1.165) is 5.71 Å². The predicted octanol–water partition coefficient (Wildman–Crippen LogP) is 0.311. The highest BCUT2D eigenvalue weighted by Crippen LogP contribution is 1.96. The molecule has 50 valence electrons. The average molecular weight is 127 g/mol. The second-order valence-corrected chi connectivity index (χ2v) is 1.75. The topological polar surface area (TPSA) is 41.8 Å². The number of oxime groups is 1. The molecule has 1 aliphatic rings. The third-order valence-corrected chi connectivity index (χ3v) is 1.03. The minimum atomic E-state index is 0.131. The smallest absolute Gasteiger partial charge is 0.135 e. The fourth-order valence-electron chi connectivity index (χ4n) is 0.621. The van der Waals surface area contributed by atoms with Crippen LogP contribution in [0.1, 0.15) is 6.42 Å². The predicted molar refractivity (Wildman–Crippen MR) is 34.2 cm³/mol. The first-order chi connectivity index (χ1) is 4.43. The molecule has 0 aromatic carbocycles. The van der Waals surface area contributed by atoms with Gasteiger partial charge in [0.2, 0.25) is 0 Å². The molecular weight excluding hydrogens is 118 g/mol. The van der Waals surface area contributed by atoms with Crippen molar-refractivity contribution >= 4 is 5.71 Å². The number of nitrogens with zero attached hydrogens (tertiary/aromatic N) is 1. The van der Waals surface area contributed by atoms with Crippen LogP contribution >= 0.6 is 0 Å². The number of rotatable bonds is 2. The number of allylic oxidation sites excluding steroid dienone is 1. The molecular formula is C6H9NO2. The molecule has 0 radical (unpaired) electrons. The van der Waals surface area contributed by atoms with Gasteiger partial charge in [0.15, 0.2) is 0 Å². The summed E-state index contributed by atoms with van der Waals surface area (Å²) in [5, 5.41) is 12.1. The molecule has 1 heterocycles. The summed E-state index contributed by atoms with van der Waals surface area (Å²) in [6, 6.07) is 0. The highest BCUT2D eigenvalue weighted by atomic mass is 16.6. The van der Waals surface area contributed by atoms with E-state index in [2.05, 4.69) is 5.16 Å². The van der Waals surface area contributed by atoms with Crippen LogP contribution in [-0.4, -0.2) is 24.0 Å². The van der Waals surface area contributed by atoms with Crippen molar-refractivity contribution in [3.63, 3.8) is 0 Å². The van der Waals surface area contributed by atoms with Crippen LogP contribution in [0.25, 0.3) is 0 Å². The molecule has 0 saturated carbocycles. The summed E-state index contributed by atoms with van der Waals surface area (Å²) in [6.07, 6.45) is 4.31. The van der Waals surface area contributed by atoms with Gasteiger partial charge in [-0.1, -0.05) is 5.16 Å². The average Bonchev–Trinajstić information content (AvgIpc) is 1.91. The Labute approximate surface area is 53.6 Å². The van der Waals surface area contributed by atoms with Gasteiger partial charge >= 0.3 is 0 Å². The van der Waals surface area contributed by atoms with Crippen molar-refractivity contribution in [2.75, 3.05) is 13.2 Å². The van der Waals surface area contributed by atoms with Gasteiger partial charge in [0, 0.05) is 13.0 Å². The summed E-state index contributed by atoms with van der Waals surface area (Å²) in [5.41, 5.74) is 0.809. The molecule has 0 bridgehead atoms. The number of hydrogen-bond donors (Lipinski definition) is 1. The Kier molecular flexibility index (Phi) is 2.27. The fraction of sp³-hybridized carbons (Fsp3) is 0.500. The summed E-state index contributed by atoms with van der Waals surface area (Å²) in [4.78, 5) is 4.72. The lowest BCUT2D eigenvalue weighted by Crippen LogP contribution is -2.03. The van der Waals surface area contributed by atoms with Gasteiger partial charge in [-0.25, -0.2) is 0 Å². The van der Waals surface area contributed by atoms with Crippen LogP contribution in [0.4, 0.5) is 0 Å². The lowest BCUT2D eigenvalue weighted by atomic mass is 10.2. The van der Waals surface area contributed by atoms with Crippen LogP contribution < -0.4 is 0 Å². The quantitative estimate of drug-likeness (QED) is 0.580. The Hall–Kier alpha value is -0.830. The van der Waals surface area contributed by atoms with Crippen LogP contribution in [0.5, 0.6) is 0 Å². The maximum absolute atomic E-state index is 8.45. The molecule has 3 heteroatoms. The first-order valence-electron chi connectivity index (χ1n) is 2.89. The Morgan fingerprint density at radius 1 is 1.78 bits per heavy atom. The van der Waals surface area contributed by atoms with Gasteiger partial charge in [-0.2, -0.15) is 0 Å². The first kappa shape index (κ1) is 6.29. The lowest BCUT2D eigenvalue weighted by Gasteiger charge is -2.02. The first-order valence-corrected chi connectivity index (χ1v) is 2.89. The SMILES string of the molecule is OCCC1=NOCC=C1. The molecule has 0 amide bonds. The zero-order valence-corrected chi connectivity index (χ0v) is 5.08. The zero-order chi connectivity index (χ0) is 6.53. The number of hydrogen-bond acceptors (Lipinski definition) is 3. The molecule has 0 aromatic heterocycles. The summed E-state index contributed by atoms with van der Waals surface area (Å²) < 4.78 is 0. The van der Waals surface area contributed by atoms with Gasteiger partial charge in [-0.3, -0.25) is 0 Å². The second-order valence-electron chi connectivity index (χ2n) is 1.75. The molecule has 3 nitrogen and oxygen atoms in total. The van der Waals surface area contributed by atoms with Crippen molar-refractivity contribution in [2.45, 2.75) is 6.42 Å². The molecule has 0 saturated heterocycles. The van der Waals surface area contributed by atoms with E-state index in [0.29, 0.717) is 13.0 Å². The summed E-state index contributed by atoms with van der Waals surface area (Å²) in [7, 11) is 0. The molecule has 1 rings (SSSR count). The molecule has 9 heavy (non-hydrogen) atoms. The molecule has 0 atom stereocenters. The van der Waals surface area contributed by atoms with E-state index in [-0.39, 0.29) is 6.61 Å². The van der Waals surface area contributed by atoms with Crippen LogP contribution in [-0.2, 0) is 4.84 Å². The summed E-state index contributed by atoms with van der Waals surface area (Å²) >= 11 is 0. The third-order valence-electron chi connectivity index (χ3n) is 1.03. The standard InChI is InChI=1S/C6H9NO2/c8-4-3-6-2-1-5-9-7-6/h1-2,8H,3-5H2. The highest BCUT2D eigenvalue weighted by Gasteiger charge is 1.96. The molecule has 0 aliphatic carbocycles. The monoisotopic (exact) mass is 127 g/mol. The van der Waals surface area contributed by atoms with E-state index in [1.165, 1.54) is 0 Å². The van der Waals surface area contributed by atoms with Crippen LogP contribution in [0.2, 0.25) is 0 Å². The van der Waals surface area contributed by atoms with Gasteiger partial charge in [0.25, 0.3) is 0 Å². The number of aliphatic hydroxyl groups excluding tert-OH is 1. The largest absolute Gasteiger partial charge is 0.396 e. The molecule has 0 spiro atoms. The molecule has 0 unspecified atom stereocenters. The van der Waals surface area contributed by atoms with Crippen LogP contribution in [0, 0.1) is 0 Å². The van der Waals surface area contributed by atoms with Crippen molar-refractivity contribution in [1.82, 2.24) is 0 Å². The van der Waals surface area contributed by atoms with E-state index in [1.54, 1.807) is 0 Å².